The fourth-order valence-corrected chi connectivity index (χ4v) is 1.21. The molecule has 0 saturated carbocycles. The zero-order valence-corrected chi connectivity index (χ0v) is 7.97. The second kappa shape index (κ2) is 4.91. The lowest BCUT2D eigenvalue weighted by Crippen LogP contribution is -2.29. The van der Waals surface area contributed by atoms with Crippen LogP contribution in [-0.2, 0) is 4.84 Å². The minimum absolute atomic E-state index is 0.0907. The van der Waals surface area contributed by atoms with Gasteiger partial charge in [0.2, 0.25) is 0 Å². The number of hydrogen-bond acceptors (Lipinski definition) is 4. The van der Waals surface area contributed by atoms with Crippen molar-refractivity contribution in [2.24, 2.45) is 5.73 Å². The zero-order valence-electron chi connectivity index (χ0n) is 7.97. The molecule has 0 radical (unpaired) electrons. The molecule has 1 atom stereocenters. The standard InChI is InChI=1S/C9H15N3O/c1-12(13-2)9(7-10)8-3-5-11-6-4-8/h3-6,9H,7,10H2,1-2H3. The molecule has 0 fully saturated rings. The first-order valence-electron chi connectivity index (χ1n) is 4.16. The first-order chi connectivity index (χ1) is 6.29. The summed E-state index contributed by atoms with van der Waals surface area (Å²) < 4.78 is 0. The van der Waals surface area contributed by atoms with E-state index >= 15 is 0 Å². The van der Waals surface area contributed by atoms with Crippen molar-refractivity contribution in [2.75, 3.05) is 20.7 Å². The molecule has 13 heavy (non-hydrogen) atoms. The van der Waals surface area contributed by atoms with Crippen molar-refractivity contribution in [3.63, 3.8) is 0 Å². The van der Waals surface area contributed by atoms with Crippen molar-refractivity contribution in [3.8, 4) is 0 Å². The lowest BCUT2D eigenvalue weighted by molar-refractivity contribution is -0.140. The molecule has 1 heterocycles. The van der Waals surface area contributed by atoms with Gasteiger partial charge in [-0.1, -0.05) is 0 Å². The maximum Gasteiger partial charge on any atom is 0.0722 e. The highest BCUT2D eigenvalue weighted by Gasteiger charge is 2.14. The third-order valence-corrected chi connectivity index (χ3v) is 2.04. The molecule has 0 aliphatic heterocycles. The van der Waals surface area contributed by atoms with E-state index in [9.17, 15) is 0 Å². The van der Waals surface area contributed by atoms with Gasteiger partial charge in [0.15, 0.2) is 0 Å². The first kappa shape index (κ1) is 10.1. The maximum absolute atomic E-state index is 5.64. The third kappa shape index (κ3) is 2.48. The van der Waals surface area contributed by atoms with Gasteiger partial charge in [-0.3, -0.25) is 4.98 Å². The van der Waals surface area contributed by atoms with Crippen LogP contribution in [0.5, 0.6) is 0 Å². The van der Waals surface area contributed by atoms with Gasteiger partial charge in [-0.25, -0.2) is 0 Å². The average molecular weight is 181 g/mol. The van der Waals surface area contributed by atoms with Gasteiger partial charge in [-0.05, 0) is 17.7 Å². The quantitative estimate of drug-likeness (QED) is 0.690. The van der Waals surface area contributed by atoms with Crippen LogP contribution in [0.2, 0.25) is 0 Å². The van der Waals surface area contributed by atoms with Gasteiger partial charge in [0.05, 0.1) is 13.2 Å². The molecule has 0 aliphatic carbocycles. The summed E-state index contributed by atoms with van der Waals surface area (Å²) in [5, 5.41) is 1.73. The van der Waals surface area contributed by atoms with Gasteiger partial charge in [0.25, 0.3) is 0 Å². The summed E-state index contributed by atoms with van der Waals surface area (Å²) in [6.45, 7) is 0.522. The predicted molar refractivity (Wildman–Crippen MR) is 50.8 cm³/mol. The molecule has 0 saturated heterocycles. The smallest absolute Gasteiger partial charge is 0.0722 e. The Labute approximate surface area is 78.3 Å². The first-order valence-corrected chi connectivity index (χ1v) is 4.16. The molecule has 4 nitrogen and oxygen atoms in total. The highest BCUT2D eigenvalue weighted by molar-refractivity contribution is 5.14. The zero-order chi connectivity index (χ0) is 9.68. The summed E-state index contributed by atoms with van der Waals surface area (Å²) in [5.41, 5.74) is 6.75. The van der Waals surface area contributed by atoms with Crippen LogP contribution in [0, 0.1) is 0 Å². The molecule has 2 N–H and O–H groups in total. The van der Waals surface area contributed by atoms with Crippen LogP contribution in [0.4, 0.5) is 0 Å². The van der Waals surface area contributed by atoms with Crippen molar-refractivity contribution < 1.29 is 4.84 Å². The number of pyridine rings is 1. The summed E-state index contributed by atoms with van der Waals surface area (Å²) in [4.78, 5) is 9.04. The van der Waals surface area contributed by atoms with Crippen molar-refractivity contribution >= 4 is 0 Å². The van der Waals surface area contributed by atoms with Gasteiger partial charge in [0, 0.05) is 26.0 Å². The van der Waals surface area contributed by atoms with E-state index in [-0.39, 0.29) is 6.04 Å². The largest absolute Gasteiger partial charge is 0.329 e. The second-order valence-corrected chi connectivity index (χ2v) is 2.76. The highest BCUT2D eigenvalue weighted by atomic mass is 16.7. The number of hydroxylamine groups is 2. The summed E-state index contributed by atoms with van der Waals surface area (Å²) in [6.07, 6.45) is 3.50. The molecule has 1 aromatic heterocycles. The molecule has 0 amide bonds. The Morgan fingerprint density at radius 1 is 1.54 bits per heavy atom. The van der Waals surface area contributed by atoms with Crippen molar-refractivity contribution in [3.05, 3.63) is 30.1 Å². The van der Waals surface area contributed by atoms with Gasteiger partial charge < -0.3 is 10.6 Å². The van der Waals surface area contributed by atoms with E-state index in [0.717, 1.165) is 5.56 Å². The monoisotopic (exact) mass is 181 g/mol. The lowest BCUT2D eigenvalue weighted by Gasteiger charge is -2.24. The fraction of sp³-hybridized carbons (Fsp3) is 0.444. The van der Waals surface area contributed by atoms with Crippen LogP contribution in [0.1, 0.15) is 11.6 Å². The van der Waals surface area contributed by atoms with E-state index in [1.54, 1.807) is 24.6 Å². The van der Waals surface area contributed by atoms with Gasteiger partial charge >= 0.3 is 0 Å². The minimum Gasteiger partial charge on any atom is -0.329 e. The Morgan fingerprint density at radius 2 is 2.15 bits per heavy atom. The molecule has 1 aromatic rings. The summed E-state index contributed by atoms with van der Waals surface area (Å²) in [6, 6.07) is 3.97. The Bertz CT molecular complexity index is 240. The van der Waals surface area contributed by atoms with Crippen molar-refractivity contribution in [2.45, 2.75) is 6.04 Å². The summed E-state index contributed by atoms with van der Waals surface area (Å²) in [7, 11) is 3.49. The highest BCUT2D eigenvalue weighted by Crippen LogP contribution is 2.16. The molecule has 4 heteroatoms. The van der Waals surface area contributed by atoms with Crippen LogP contribution >= 0.6 is 0 Å². The molecule has 0 bridgehead atoms. The van der Waals surface area contributed by atoms with Gasteiger partial charge in [0.1, 0.15) is 0 Å². The van der Waals surface area contributed by atoms with Crippen LogP contribution in [-0.4, -0.2) is 30.7 Å². The SMILES string of the molecule is CON(C)C(CN)c1ccncc1. The van der Waals surface area contributed by atoms with E-state index in [4.69, 9.17) is 10.6 Å². The molecule has 0 aromatic carbocycles. The summed E-state index contributed by atoms with van der Waals surface area (Å²) in [5.74, 6) is 0. The van der Waals surface area contributed by atoms with E-state index < -0.39 is 0 Å². The van der Waals surface area contributed by atoms with Crippen molar-refractivity contribution in [1.82, 2.24) is 10.0 Å². The van der Waals surface area contributed by atoms with Crippen LogP contribution in [0.3, 0.4) is 0 Å². The molecular weight excluding hydrogens is 166 g/mol. The Kier molecular flexibility index (Phi) is 3.82. The third-order valence-electron chi connectivity index (χ3n) is 2.04. The fourth-order valence-electron chi connectivity index (χ4n) is 1.21. The van der Waals surface area contributed by atoms with Crippen LogP contribution in [0.15, 0.2) is 24.5 Å². The van der Waals surface area contributed by atoms with Crippen LogP contribution in [0.25, 0.3) is 0 Å². The van der Waals surface area contributed by atoms with E-state index in [2.05, 4.69) is 4.98 Å². The summed E-state index contributed by atoms with van der Waals surface area (Å²) >= 11 is 0. The lowest BCUT2D eigenvalue weighted by atomic mass is 10.1. The Morgan fingerprint density at radius 3 is 2.62 bits per heavy atom. The van der Waals surface area contributed by atoms with E-state index in [0.29, 0.717) is 6.54 Å². The molecule has 0 spiro atoms. The number of likely N-dealkylation sites (N-methyl/N-ethyl adjacent to an activating group) is 1. The number of hydrogen-bond donors (Lipinski definition) is 1. The Hall–Kier alpha value is -0.970. The predicted octanol–water partition coefficient (Wildman–Crippen LogP) is 0.575. The minimum atomic E-state index is 0.0907. The molecular formula is C9H15N3O. The van der Waals surface area contributed by atoms with E-state index in [1.807, 2.05) is 19.2 Å². The number of rotatable bonds is 4. The average Bonchev–Trinajstić information content (AvgIpc) is 2.20. The Balaban J connectivity index is 2.78. The maximum atomic E-state index is 5.64. The number of aromatic nitrogens is 1. The molecule has 0 aliphatic rings. The normalized spacial score (nSPS) is 13.2. The molecule has 1 unspecified atom stereocenters. The second-order valence-electron chi connectivity index (χ2n) is 2.76. The van der Waals surface area contributed by atoms with Crippen molar-refractivity contribution in [1.29, 1.82) is 0 Å². The molecule has 72 valence electrons. The topological polar surface area (TPSA) is 51.4 Å². The number of nitrogens with two attached hydrogens (primary N) is 1. The van der Waals surface area contributed by atoms with Gasteiger partial charge in [-0.2, -0.15) is 5.06 Å². The van der Waals surface area contributed by atoms with Gasteiger partial charge in [-0.15, -0.1) is 0 Å². The number of nitrogens with zero attached hydrogens (tertiary/aromatic N) is 2. The van der Waals surface area contributed by atoms with Crippen LogP contribution < -0.4 is 5.73 Å². The van der Waals surface area contributed by atoms with E-state index in [1.165, 1.54) is 0 Å². The molecule has 1 rings (SSSR count).